The van der Waals surface area contributed by atoms with E-state index in [0.29, 0.717) is 12.0 Å². The molecule has 2 fully saturated rings. The van der Waals surface area contributed by atoms with Crippen LogP contribution in [0.15, 0.2) is 6.07 Å². The summed E-state index contributed by atoms with van der Waals surface area (Å²) in [6.45, 7) is 5.33. The molecule has 1 aromatic heterocycles. The second-order valence-electron chi connectivity index (χ2n) is 6.50. The van der Waals surface area contributed by atoms with Crippen molar-refractivity contribution >= 4 is 11.6 Å². The number of rotatable bonds is 6. The molecule has 0 saturated heterocycles. The van der Waals surface area contributed by atoms with Gasteiger partial charge in [0.05, 0.1) is 0 Å². The van der Waals surface area contributed by atoms with Crippen LogP contribution in [0, 0.1) is 5.92 Å². The first-order valence-electron chi connectivity index (χ1n) is 8.69. The fourth-order valence-electron chi connectivity index (χ4n) is 3.41. The molecule has 0 amide bonds. The van der Waals surface area contributed by atoms with Gasteiger partial charge in [0.25, 0.3) is 0 Å². The van der Waals surface area contributed by atoms with Gasteiger partial charge in [0.2, 0.25) is 0 Å². The largest absolute Gasteiger partial charge is 0.370 e. The van der Waals surface area contributed by atoms with E-state index in [4.69, 9.17) is 4.98 Å². The van der Waals surface area contributed by atoms with Crippen LogP contribution in [-0.4, -0.2) is 22.6 Å². The summed E-state index contributed by atoms with van der Waals surface area (Å²) < 4.78 is 0. The standard InChI is InChI=1S/C17H28N4/c1-3-12-7-5-6-8-14(12)19-16-11-15(18-4-2)20-17(21-16)13-9-10-13/h11-14H,3-10H2,1-2H3,(H2,18,19,20,21). The molecule has 4 nitrogen and oxygen atoms in total. The molecule has 2 saturated carbocycles. The minimum absolute atomic E-state index is 0.583. The van der Waals surface area contributed by atoms with Gasteiger partial charge in [-0.2, -0.15) is 0 Å². The lowest BCUT2D eigenvalue weighted by atomic mass is 9.83. The maximum atomic E-state index is 4.78. The molecule has 0 spiro atoms. The quantitative estimate of drug-likeness (QED) is 0.825. The van der Waals surface area contributed by atoms with Gasteiger partial charge in [0.1, 0.15) is 17.5 Å². The van der Waals surface area contributed by atoms with Gasteiger partial charge in [-0.15, -0.1) is 0 Å². The van der Waals surface area contributed by atoms with Crippen LogP contribution in [0.5, 0.6) is 0 Å². The molecule has 0 bridgehead atoms. The smallest absolute Gasteiger partial charge is 0.136 e. The van der Waals surface area contributed by atoms with Crippen LogP contribution < -0.4 is 10.6 Å². The third kappa shape index (κ3) is 3.66. The number of hydrogen-bond donors (Lipinski definition) is 2. The summed E-state index contributed by atoms with van der Waals surface area (Å²) in [6.07, 6.45) is 9.11. The Morgan fingerprint density at radius 1 is 1.05 bits per heavy atom. The van der Waals surface area contributed by atoms with Crippen LogP contribution in [-0.2, 0) is 0 Å². The maximum absolute atomic E-state index is 4.78. The summed E-state index contributed by atoms with van der Waals surface area (Å²) in [7, 11) is 0. The number of hydrogen-bond acceptors (Lipinski definition) is 4. The molecule has 0 radical (unpaired) electrons. The number of nitrogens with zero attached hydrogens (tertiary/aromatic N) is 2. The average molecular weight is 288 g/mol. The first-order chi connectivity index (χ1) is 10.3. The van der Waals surface area contributed by atoms with Crippen molar-refractivity contribution in [1.82, 2.24) is 9.97 Å². The molecular weight excluding hydrogens is 260 g/mol. The van der Waals surface area contributed by atoms with Crippen molar-refractivity contribution in [3.63, 3.8) is 0 Å². The molecule has 2 aliphatic rings. The molecule has 2 unspecified atom stereocenters. The topological polar surface area (TPSA) is 49.8 Å². The molecule has 2 atom stereocenters. The third-order valence-corrected chi connectivity index (χ3v) is 4.81. The lowest BCUT2D eigenvalue weighted by Gasteiger charge is -2.32. The highest BCUT2D eigenvalue weighted by molar-refractivity contribution is 5.48. The predicted octanol–water partition coefficient (Wildman–Crippen LogP) is 4.17. The van der Waals surface area contributed by atoms with Crippen LogP contribution in [0.25, 0.3) is 0 Å². The van der Waals surface area contributed by atoms with E-state index in [9.17, 15) is 0 Å². The average Bonchev–Trinajstić information content (AvgIpc) is 3.32. The monoisotopic (exact) mass is 288 g/mol. The Balaban J connectivity index is 1.76. The number of nitrogens with one attached hydrogen (secondary N) is 2. The zero-order valence-corrected chi connectivity index (χ0v) is 13.4. The molecule has 2 N–H and O–H groups in total. The molecule has 1 aromatic rings. The predicted molar refractivity (Wildman–Crippen MR) is 87.8 cm³/mol. The van der Waals surface area contributed by atoms with Crippen LogP contribution in [0.1, 0.15) is 70.5 Å². The fraction of sp³-hybridized carbons (Fsp3) is 0.765. The Kier molecular flexibility index (Phi) is 4.61. The molecule has 21 heavy (non-hydrogen) atoms. The number of anilines is 2. The van der Waals surface area contributed by atoms with Gasteiger partial charge in [0.15, 0.2) is 0 Å². The Bertz CT molecular complexity index is 470. The van der Waals surface area contributed by atoms with Crippen molar-refractivity contribution in [3.05, 3.63) is 11.9 Å². The summed E-state index contributed by atoms with van der Waals surface area (Å²) in [5.74, 6) is 4.41. The summed E-state index contributed by atoms with van der Waals surface area (Å²) >= 11 is 0. The highest BCUT2D eigenvalue weighted by Gasteiger charge is 2.28. The van der Waals surface area contributed by atoms with Crippen molar-refractivity contribution in [2.45, 2.75) is 70.8 Å². The van der Waals surface area contributed by atoms with E-state index in [-0.39, 0.29) is 0 Å². The third-order valence-electron chi connectivity index (χ3n) is 4.81. The zero-order valence-electron chi connectivity index (χ0n) is 13.4. The zero-order chi connectivity index (χ0) is 14.7. The van der Waals surface area contributed by atoms with Crippen LogP contribution in [0.4, 0.5) is 11.6 Å². The first kappa shape index (κ1) is 14.6. The summed E-state index contributed by atoms with van der Waals surface area (Å²) in [5, 5.41) is 7.05. The molecular formula is C17H28N4. The first-order valence-corrected chi connectivity index (χ1v) is 8.69. The van der Waals surface area contributed by atoms with E-state index < -0.39 is 0 Å². The highest BCUT2D eigenvalue weighted by atomic mass is 15.1. The second-order valence-corrected chi connectivity index (χ2v) is 6.50. The van der Waals surface area contributed by atoms with Gasteiger partial charge in [-0.05, 0) is 38.5 Å². The SMILES string of the molecule is CCNc1cc(NC2CCCCC2CC)nc(C2CC2)n1. The lowest BCUT2D eigenvalue weighted by Crippen LogP contribution is -2.32. The van der Waals surface area contributed by atoms with Crippen molar-refractivity contribution in [1.29, 1.82) is 0 Å². The van der Waals surface area contributed by atoms with E-state index in [1.54, 1.807) is 0 Å². The van der Waals surface area contributed by atoms with Crippen molar-refractivity contribution < 1.29 is 0 Å². The summed E-state index contributed by atoms with van der Waals surface area (Å²) in [6, 6.07) is 2.66. The molecule has 1 heterocycles. The van der Waals surface area contributed by atoms with Gasteiger partial charge < -0.3 is 10.6 Å². The fourth-order valence-corrected chi connectivity index (χ4v) is 3.41. The molecule has 116 valence electrons. The van der Waals surface area contributed by atoms with Crippen molar-refractivity contribution in [2.75, 3.05) is 17.2 Å². The molecule has 4 heteroatoms. The van der Waals surface area contributed by atoms with E-state index >= 15 is 0 Å². The Morgan fingerprint density at radius 2 is 1.81 bits per heavy atom. The second kappa shape index (κ2) is 6.63. The normalized spacial score (nSPS) is 25.6. The maximum Gasteiger partial charge on any atom is 0.136 e. The van der Waals surface area contributed by atoms with Crippen molar-refractivity contribution in [3.8, 4) is 0 Å². The van der Waals surface area contributed by atoms with Crippen LogP contribution >= 0.6 is 0 Å². The molecule has 0 aliphatic heterocycles. The van der Waals surface area contributed by atoms with Gasteiger partial charge in [0, 0.05) is 24.6 Å². The van der Waals surface area contributed by atoms with Gasteiger partial charge in [-0.1, -0.05) is 26.2 Å². The lowest BCUT2D eigenvalue weighted by molar-refractivity contribution is 0.317. The van der Waals surface area contributed by atoms with Crippen LogP contribution in [0.3, 0.4) is 0 Å². The summed E-state index contributed by atoms with van der Waals surface area (Å²) in [5.41, 5.74) is 0. The number of aromatic nitrogens is 2. The Hall–Kier alpha value is -1.32. The van der Waals surface area contributed by atoms with Gasteiger partial charge in [-0.25, -0.2) is 9.97 Å². The van der Waals surface area contributed by atoms with Crippen molar-refractivity contribution in [2.24, 2.45) is 5.92 Å². The minimum atomic E-state index is 0.583. The van der Waals surface area contributed by atoms with Gasteiger partial charge in [-0.3, -0.25) is 0 Å². The summed E-state index contributed by atoms with van der Waals surface area (Å²) in [4.78, 5) is 9.43. The van der Waals surface area contributed by atoms with E-state index in [2.05, 4.69) is 35.5 Å². The Morgan fingerprint density at radius 3 is 2.52 bits per heavy atom. The molecule has 0 aromatic carbocycles. The van der Waals surface area contributed by atoms with E-state index in [1.165, 1.54) is 44.9 Å². The Labute approximate surface area is 128 Å². The van der Waals surface area contributed by atoms with E-state index in [1.807, 2.05) is 0 Å². The molecule has 3 rings (SSSR count). The molecule has 2 aliphatic carbocycles. The van der Waals surface area contributed by atoms with Crippen LogP contribution in [0.2, 0.25) is 0 Å². The van der Waals surface area contributed by atoms with E-state index in [0.717, 1.165) is 29.9 Å². The minimum Gasteiger partial charge on any atom is -0.370 e. The highest BCUT2D eigenvalue weighted by Crippen LogP contribution is 2.39. The van der Waals surface area contributed by atoms with Gasteiger partial charge >= 0.3 is 0 Å².